The van der Waals surface area contributed by atoms with Gasteiger partial charge in [0.05, 0.1) is 26.3 Å². The molecule has 1 amide bonds. The molecule has 2 bridgehead atoms. The molecule has 0 aromatic heterocycles. The van der Waals surface area contributed by atoms with E-state index in [4.69, 9.17) is 9.47 Å². The molecule has 0 spiro atoms. The molecule has 0 unspecified atom stereocenters. The molecule has 29 heavy (non-hydrogen) atoms. The zero-order valence-corrected chi connectivity index (χ0v) is 17.3. The highest BCUT2D eigenvalue weighted by Gasteiger charge is 2.42. The molecule has 0 aliphatic carbocycles. The molecular formula is C24H31N2O3+. The fourth-order valence-corrected chi connectivity index (χ4v) is 5.12. The Morgan fingerprint density at radius 2 is 1.69 bits per heavy atom. The number of quaternary nitrogens is 1. The van der Waals surface area contributed by atoms with Gasteiger partial charge in [0.1, 0.15) is 6.54 Å². The van der Waals surface area contributed by atoms with Crippen molar-refractivity contribution in [3.8, 4) is 11.5 Å². The first kappa shape index (κ1) is 19.8. The van der Waals surface area contributed by atoms with Crippen LogP contribution in [0.4, 0.5) is 0 Å². The van der Waals surface area contributed by atoms with Gasteiger partial charge in [-0.05, 0) is 37.5 Å². The van der Waals surface area contributed by atoms with Crippen molar-refractivity contribution in [2.24, 2.45) is 0 Å². The van der Waals surface area contributed by atoms with E-state index in [1.807, 2.05) is 0 Å². The van der Waals surface area contributed by atoms with Gasteiger partial charge in [0.2, 0.25) is 0 Å². The van der Waals surface area contributed by atoms with Crippen molar-refractivity contribution in [1.82, 2.24) is 5.32 Å². The van der Waals surface area contributed by atoms with Crippen LogP contribution in [-0.2, 0) is 6.54 Å². The maximum atomic E-state index is 12.9. The molecule has 2 aromatic rings. The predicted octanol–water partition coefficient (Wildman–Crippen LogP) is 2.60. The Balaban J connectivity index is 1.42. The number of fused-ring (bicyclic) bond motifs is 2. The van der Waals surface area contributed by atoms with Crippen molar-refractivity contribution < 1.29 is 19.2 Å². The van der Waals surface area contributed by atoms with Gasteiger partial charge in [0, 0.05) is 30.0 Å². The molecule has 2 saturated heterocycles. The highest BCUT2D eigenvalue weighted by atomic mass is 16.5. The lowest BCUT2D eigenvalue weighted by Gasteiger charge is -2.46. The molecule has 2 N–H and O–H groups in total. The Hall–Kier alpha value is -2.53. The summed E-state index contributed by atoms with van der Waals surface area (Å²) in [4.78, 5) is 14.6. The van der Waals surface area contributed by atoms with Crippen molar-refractivity contribution in [2.75, 3.05) is 14.2 Å². The highest BCUT2D eigenvalue weighted by molar-refractivity contribution is 5.95. The third-order valence-electron chi connectivity index (χ3n) is 6.52. The van der Waals surface area contributed by atoms with E-state index in [-0.39, 0.29) is 11.9 Å². The maximum Gasteiger partial charge on any atom is 0.251 e. The summed E-state index contributed by atoms with van der Waals surface area (Å²) >= 11 is 0. The Morgan fingerprint density at radius 1 is 1.00 bits per heavy atom. The standard InChI is InChI=1S/C24H30N2O3/c1-28-22-12-11-18(13-23(22)29-2)24(27)25-19-14-20-9-6-10-21(15-19)26(20)16-17-7-4-3-5-8-17/h3-5,7-8,11-13,19-21H,6,9-10,14-16H2,1-2H3,(H,25,27)/p+1/t20-,21-/m1/s1. The van der Waals surface area contributed by atoms with E-state index in [0.717, 1.165) is 19.4 Å². The van der Waals surface area contributed by atoms with Gasteiger partial charge in [-0.15, -0.1) is 0 Å². The smallest absolute Gasteiger partial charge is 0.251 e. The second kappa shape index (κ2) is 8.87. The number of piperidine rings is 2. The average molecular weight is 396 g/mol. The number of hydrogen-bond acceptors (Lipinski definition) is 3. The Labute approximate surface area is 173 Å². The van der Waals surface area contributed by atoms with Crippen LogP contribution < -0.4 is 19.7 Å². The summed E-state index contributed by atoms with van der Waals surface area (Å²) in [7, 11) is 3.19. The van der Waals surface area contributed by atoms with Crippen LogP contribution in [-0.4, -0.2) is 38.3 Å². The molecule has 2 aromatic carbocycles. The lowest BCUT2D eigenvalue weighted by molar-refractivity contribution is -0.973. The van der Waals surface area contributed by atoms with Crippen LogP contribution >= 0.6 is 0 Å². The molecule has 4 rings (SSSR count). The largest absolute Gasteiger partial charge is 0.493 e. The van der Waals surface area contributed by atoms with E-state index >= 15 is 0 Å². The predicted molar refractivity (Wildman–Crippen MR) is 113 cm³/mol. The Kier molecular flexibility index (Phi) is 6.05. The lowest BCUT2D eigenvalue weighted by Crippen LogP contribution is -3.20. The molecule has 0 radical (unpaired) electrons. The van der Waals surface area contributed by atoms with Gasteiger partial charge in [-0.1, -0.05) is 30.3 Å². The van der Waals surface area contributed by atoms with E-state index < -0.39 is 0 Å². The summed E-state index contributed by atoms with van der Waals surface area (Å²) in [6.07, 6.45) is 5.92. The van der Waals surface area contributed by atoms with Crippen LogP contribution in [0.2, 0.25) is 0 Å². The monoisotopic (exact) mass is 395 g/mol. The fraction of sp³-hybridized carbons (Fsp3) is 0.458. The number of hydrogen-bond donors (Lipinski definition) is 2. The summed E-state index contributed by atoms with van der Waals surface area (Å²) in [6.45, 7) is 1.09. The molecule has 0 saturated carbocycles. The summed E-state index contributed by atoms with van der Waals surface area (Å²) in [5.74, 6) is 1.19. The van der Waals surface area contributed by atoms with Crippen molar-refractivity contribution in [3.63, 3.8) is 0 Å². The molecule has 2 aliphatic heterocycles. The maximum absolute atomic E-state index is 12.9. The molecule has 2 heterocycles. The van der Waals surface area contributed by atoms with Gasteiger partial charge in [0.25, 0.3) is 5.91 Å². The number of carbonyl (C=O) groups excluding carboxylic acids is 1. The minimum atomic E-state index is -0.0273. The normalized spacial score (nSPS) is 25.9. The van der Waals surface area contributed by atoms with Crippen molar-refractivity contribution >= 4 is 5.91 Å². The van der Waals surface area contributed by atoms with Gasteiger partial charge in [0.15, 0.2) is 11.5 Å². The number of nitrogens with one attached hydrogen (secondary N) is 2. The summed E-state index contributed by atoms with van der Waals surface area (Å²) in [5.41, 5.74) is 2.03. The topological polar surface area (TPSA) is 52.0 Å². The third-order valence-corrected chi connectivity index (χ3v) is 6.52. The van der Waals surface area contributed by atoms with E-state index in [1.54, 1.807) is 37.3 Å². The first-order chi connectivity index (χ1) is 14.2. The van der Waals surface area contributed by atoms with Crippen LogP contribution in [0.3, 0.4) is 0 Å². The number of ether oxygens (including phenoxy) is 2. The zero-order chi connectivity index (χ0) is 20.2. The number of rotatable bonds is 6. The third kappa shape index (κ3) is 4.40. The molecular weight excluding hydrogens is 364 g/mol. The molecule has 2 fully saturated rings. The molecule has 5 nitrogen and oxygen atoms in total. The quantitative estimate of drug-likeness (QED) is 0.791. The number of methoxy groups -OCH3 is 2. The lowest BCUT2D eigenvalue weighted by atomic mass is 9.81. The van der Waals surface area contributed by atoms with Gasteiger partial charge < -0.3 is 19.7 Å². The fourth-order valence-electron chi connectivity index (χ4n) is 5.12. The van der Waals surface area contributed by atoms with E-state index in [1.165, 1.54) is 24.8 Å². The molecule has 5 heteroatoms. The van der Waals surface area contributed by atoms with Crippen LogP contribution in [0.1, 0.15) is 48.0 Å². The van der Waals surface area contributed by atoms with Crippen molar-refractivity contribution in [2.45, 2.75) is 56.8 Å². The van der Waals surface area contributed by atoms with Crippen LogP contribution in [0.25, 0.3) is 0 Å². The first-order valence-electron chi connectivity index (χ1n) is 10.6. The SMILES string of the molecule is COc1ccc(C(=O)NC2C[C@H]3CCC[C@H](C2)[NH+]3Cc2ccccc2)cc1OC. The van der Waals surface area contributed by atoms with Gasteiger partial charge in [-0.25, -0.2) is 0 Å². The van der Waals surface area contributed by atoms with E-state index in [9.17, 15) is 4.79 Å². The molecule has 154 valence electrons. The van der Waals surface area contributed by atoms with E-state index in [2.05, 4.69) is 35.6 Å². The van der Waals surface area contributed by atoms with E-state index in [0.29, 0.717) is 29.1 Å². The second-order valence-corrected chi connectivity index (χ2v) is 8.27. The molecule has 2 aliphatic rings. The average Bonchev–Trinajstić information content (AvgIpc) is 2.74. The summed E-state index contributed by atoms with van der Waals surface area (Å²) < 4.78 is 10.6. The minimum absolute atomic E-state index is 0.0273. The Morgan fingerprint density at radius 3 is 2.34 bits per heavy atom. The van der Waals surface area contributed by atoms with Crippen molar-refractivity contribution in [1.29, 1.82) is 0 Å². The van der Waals surface area contributed by atoms with Gasteiger partial charge in [-0.3, -0.25) is 4.79 Å². The number of benzene rings is 2. The van der Waals surface area contributed by atoms with Crippen LogP contribution in [0.15, 0.2) is 48.5 Å². The summed E-state index contributed by atoms with van der Waals surface area (Å²) in [6, 6.07) is 17.6. The Bertz CT molecular complexity index is 825. The van der Waals surface area contributed by atoms with Crippen LogP contribution in [0, 0.1) is 0 Å². The van der Waals surface area contributed by atoms with Gasteiger partial charge >= 0.3 is 0 Å². The second-order valence-electron chi connectivity index (χ2n) is 8.27. The highest BCUT2D eigenvalue weighted by Crippen LogP contribution is 2.28. The van der Waals surface area contributed by atoms with Gasteiger partial charge in [-0.2, -0.15) is 0 Å². The first-order valence-corrected chi connectivity index (χ1v) is 10.6. The summed E-state index contributed by atoms with van der Waals surface area (Å²) in [5, 5.41) is 3.29. The van der Waals surface area contributed by atoms with Crippen molar-refractivity contribution in [3.05, 3.63) is 59.7 Å². The molecule has 2 atom stereocenters. The number of amides is 1. The van der Waals surface area contributed by atoms with Crippen LogP contribution in [0.5, 0.6) is 11.5 Å². The number of carbonyl (C=O) groups is 1. The zero-order valence-electron chi connectivity index (χ0n) is 17.3. The minimum Gasteiger partial charge on any atom is -0.493 e.